The highest BCUT2D eigenvalue weighted by molar-refractivity contribution is 5.46. The quantitative estimate of drug-likeness (QED) is 0.301. The molecule has 31 heavy (non-hydrogen) atoms. The smallest absolute Gasteiger partial charge is 0.217 e. The zero-order chi connectivity index (χ0) is 22.3. The molecule has 0 aliphatic heterocycles. The van der Waals surface area contributed by atoms with Crippen LogP contribution in [0.3, 0.4) is 0 Å². The highest BCUT2D eigenvalue weighted by atomic mass is 19.2. The number of hydrogen-bond acceptors (Lipinski definition) is 1. The van der Waals surface area contributed by atoms with E-state index in [4.69, 9.17) is 4.74 Å². The van der Waals surface area contributed by atoms with Crippen molar-refractivity contribution in [2.75, 3.05) is 6.61 Å². The highest BCUT2D eigenvalue weighted by Crippen LogP contribution is 2.13. The lowest BCUT2D eigenvalue weighted by atomic mass is 10.1. The van der Waals surface area contributed by atoms with Gasteiger partial charge in [0.15, 0.2) is 0 Å². The average molecular weight is 421 g/mol. The minimum atomic E-state index is -1.16. The Kier molecular flexibility index (Phi) is 11.0. The third-order valence-corrected chi connectivity index (χ3v) is 4.72. The maximum absolute atomic E-state index is 13.9. The molecule has 0 fully saturated rings. The molecule has 162 valence electrons. The molecular formula is C28H30F2O. The Morgan fingerprint density at radius 1 is 0.710 bits per heavy atom. The lowest BCUT2D eigenvalue weighted by molar-refractivity contribution is 0.306. The van der Waals surface area contributed by atoms with Crippen molar-refractivity contribution < 1.29 is 13.5 Å². The Balaban J connectivity index is 1.93. The average Bonchev–Trinajstić information content (AvgIpc) is 2.80. The summed E-state index contributed by atoms with van der Waals surface area (Å²) in [5, 5.41) is 0. The van der Waals surface area contributed by atoms with Gasteiger partial charge in [0.25, 0.3) is 0 Å². The van der Waals surface area contributed by atoms with Gasteiger partial charge in [-0.3, -0.25) is 0 Å². The molecule has 0 saturated heterocycles. The van der Waals surface area contributed by atoms with Gasteiger partial charge in [0.2, 0.25) is 11.7 Å². The molecule has 0 amide bonds. The fourth-order valence-electron chi connectivity index (χ4n) is 2.87. The third-order valence-electron chi connectivity index (χ3n) is 4.72. The zero-order valence-electron chi connectivity index (χ0n) is 18.4. The van der Waals surface area contributed by atoms with Crippen molar-refractivity contribution in [1.29, 1.82) is 0 Å². The summed E-state index contributed by atoms with van der Waals surface area (Å²) < 4.78 is 33.5. The lowest BCUT2D eigenvalue weighted by Gasteiger charge is -2.05. The molecule has 2 aromatic rings. The van der Waals surface area contributed by atoms with Crippen LogP contribution < -0.4 is 4.74 Å². The van der Waals surface area contributed by atoms with Gasteiger partial charge in [-0.15, -0.1) is 0 Å². The van der Waals surface area contributed by atoms with Crippen LogP contribution in [-0.4, -0.2) is 6.61 Å². The van der Waals surface area contributed by atoms with Crippen LogP contribution in [0.4, 0.5) is 8.78 Å². The van der Waals surface area contributed by atoms with Crippen LogP contribution in [0.1, 0.15) is 69.1 Å². The van der Waals surface area contributed by atoms with Crippen molar-refractivity contribution >= 4 is 0 Å². The van der Waals surface area contributed by atoms with Crippen molar-refractivity contribution in [2.45, 2.75) is 58.8 Å². The summed E-state index contributed by atoms with van der Waals surface area (Å²) in [6.07, 6.45) is 7.84. The molecule has 0 saturated carbocycles. The summed E-state index contributed by atoms with van der Waals surface area (Å²) in [5.41, 5.74) is 2.45. The molecule has 0 aliphatic rings. The van der Waals surface area contributed by atoms with Crippen LogP contribution in [0.2, 0.25) is 0 Å². The monoisotopic (exact) mass is 420 g/mol. The molecule has 0 bridgehead atoms. The van der Waals surface area contributed by atoms with Crippen LogP contribution in [-0.2, 0) is 6.42 Å². The molecular weight excluding hydrogens is 390 g/mol. The zero-order valence-corrected chi connectivity index (χ0v) is 18.4. The van der Waals surface area contributed by atoms with Crippen LogP contribution in [0, 0.1) is 23.7 Å². The minimum Gasteiger partial charge on any atom is -0.494 e. The van der Waals surface area contributed by atoms with E-state index in [2.05, 4.69) is 37.5 Å². The molecule has 2 aromatic carbocycles. The van der Waals surface area contributed by atoms with E-state index in [9.17, 15) is 8.78 Å². The Morgan fingerprint density at radius 3 is 1.77 bits per heavy atom. The Morgan fingerprint density at radius 2 is 1.23 bits per heavy atom. The first-order valence-electron chi connectivity index (χ1n) is 11.0. The van der Waals surface area contributed by atoms with Gasteiger partial charge in [-0.25, -0.2) is 0 Å². The second kappa shape index (κ2) is 14.1. The highest BCUT2D eigenvalue weighted by Gasteiger charge is 2.00. The maximum Gasteiger partial charge on any atom is 0.217 e. The largest absolute Gasteiger partial charge is 0.494 e. The molecule has 3 heteroatoms. The predicted octanol–water partition coefficient (Wildman–Crippen LogP) is 7.54. The van der Waals surface area contributed by atoms with Gasteiger partial charge in [-0.05, 0) is 73.1 Å². The second-order valence-electron chi connectivity index (χ2n) is 7.36. The number of halogens is 2. The van der Waals surface area contributed by atoms with Gasteiger partial charge in [-0.2, -0.15) is 8.78 Å². The van der Waals surface area contributed by atoms with E-state index in [1.54, 1.807) is 24.3 Å². The SMILES string of the molecule is CCCCCOc1ccc(C#CC(F)=C(F)C#Cc2ccc(CCCCC)cc2)cc1. The third kappa shape index (κ3) is 9.54. The first-order chi connectivity index (χ1) is 15.1. The predicted molar refractivity (Wildman–Crippen MR) is 124 cm³/mol. The summed E-state index contributed by atoms with van der Waals surface area (Å²) in [5.74, 6) is 8.09. The summed E-state index contributed by atoms with van der Waals surface area (Å²) in [6, 6.07) is 14.6. The number of ether oxygens (including phenoxy) is 1. The number of aryl methyl sites for hydroxylation is 1. The van der Waals surface area contributed by atoms with Crippen LogP contribution >= 0.6 is 0 Å². The first kappa shape index (κ1) is 24.2. The van der Waals surface area contributed by atoms with Gasteiger partial charge >= 0.3 is 0 Å². The molecule has 2 rings (SSSR count). The fourth-order valence-corrected chi connectivity index (χ4v) is 2.87. The number of unbranched alkanes of at least 4 members (excludes halogenated alkanes) is 4. The van der Waals surface area contributed by atoms with E-state index < -0.39 is 11.7 Å². The van der Waals surface area contributed by atoms with Gasteiger partial charge in [0.1, 0.15) is 5.75 Å². The number of benzene rings is 2. The molecule has 0 heterocycles. The van der Waals surface area contributed by atoms with Gasteiger partial charge < -0.3 is 4.74 Å². The number of allylic oxidation sites excluding steroid dienone is 2. The van der Waals surface area contributed by atoms with Crippen molar-refractivity contribution in [1.82, 2.24) is 0 Å². The molecule has 0 radical (unpaired) electrons. The van der Waals surface area contributed by atoms with E-state index in [-0.39, 0.29) is 0 Å². The maximum atomic E-state index is 13.9. The number of hydrogen-bond donors (Lipinski definition) is 0. The van der Waals surface area contributed by atoms with E-state index in [1.165, 1.54) is 18.4 Å². The second-order valence-corrected chi connectivity index (χ2v) is 7.36. The van der Waals surface area contributed by atoms with Crippen LogP contribution in [0.25, 0.3) is 0 Å². The first-order valence-corrected chi connectivity index (χ1v) is 11.0. The standard InChI is InChI=1S/C28H30F2O/c1-3-5-7-9-23-10-12-24(13-11-23)16-20-27(29)28(30)21-17-25-14-18-26(19-15-25)31-22-8-6-4-2/h10-15,18-19H,3-9,22H2,1-2H3. The summed E-state index contributed by atoms with van der Waals surface area (Å²) in [4.78, 5) is 0. The topological polar surface area (TPSA) is 9.23 Å². The van der Waals surface area contributed by atoms with Crippen molar-refractivity contribution in [3.05, 3.63) is 76.9 Å². The van der Waals surface area contributed by atoms with Gasteiger partial charge in [-0.1, -0.05) is 63.5 Å². The molecule has 0 N–H and O–H groups in total. The van der Waals surface area contributed by atoms with Crippen molar-refractivity contribution in [2.24, 2.45) is 0 Å². The summed E-state index contributed by atoms with van der Waals surface area (Å²) >= 11 is 0. The van der Waals surface area contributed by atoms with Gasteiger partial charge in [0, 0.05) is 11.1 Å². The molecule has 0 aliphatic carbocycles. The molecule has 0 spiro atoms. The van der Waals surface area contributed by atoms with Crippen molar-refractivity contribution in [3.8, 4) is 29.4 Å². The minimum absolute atomic E-state index is 0.579. The van der Waals surface area contributed by atoms with Gasteiger partial charge in [0.05, 0.1) is 6.61 Å². The van der Waals surface area contributed by atoms with Crippen molar-refractivity contribution in [3.63, 3.8) is 0 Å². The van der Waals surface area contributed by atoms with Crippen LogP contribution in [0.15, 0.2) is 60.2 Å². The van der Waals surface area contributed by atoms with E-state index in [1.807, 2.05) is 24.3 Å². The molecule has 1 nitrogen and oxygen atoms in total. The summed E-state index contributed by atoms with van der Waals surface area (Å²) in [6.45, 7) is 4.98. The van der Waals surface area contributed by atoms with E-state index in [0.717, 1.165) is 37.9 Å². The molecule has 0 unspecified atom stereocenters. The van der Waals surface area contributed by atoms with E-state index >= 15 is 0 Å². The van der Waals surface area contributed by atoms with E-state index in [0.29, 0.717) is 17.7 Å². The Labute approximate surface area is 185 Å². The fraction of sp³-hybridized carbons (Fsp3) is 0.357. The Hall–Kier alpha value is -3.04. The van der Waals surface area contributed by atoms with Crippen LogP contribution in [0.5, 0.6) is 5.75 Å². The molecule has 0 atom stereocenters. The molecule has 0 aromatic heterocycles. The normalized spacial score (nSPS) is 11.0. The number of rotatable bonds is 9. The summed E-state index contributed by atoms with van der Waals surface area (Å²) in [7, 11) is 0. The Bertz CT molecular complexity index is 949. The lowest BCUT2D eigenvalue weighted by Crippen LogP contribution is -1.96.